The number of aryl methyl sites for hydroxylation is 2. The van der Waals surface area contributed by atoms with Crippen LogP contribution < -0.4 is 10.6 Å². The zero-order valence-corrected chi connectivity index (χ0v) is 20.2. The summed E-state index contributed by atoms with van der Waals surface area (Å²) in [5, 5.41) is 38.0. The summed E-state index contributed by atoms with van der Waals surface area (Å²) >= 11 is 3.46. The molecule has 2 aliphatic rings. The maximum absolute atomic E-state index is 10.6. The van der Waals surface area contributed by atoms with Crippen molar-refractivity contribution in [3.8, 4) is 10.6 Å². The van der Waals surface area contributed by atoms with Gasteiger partial charge in [0, 0.05) is 30.5 Å². The van der Waals surface area contributed by atoms with Crippen molar-refractivity contribution in [3.63, 3.8) is 0 Å². The summed E-state index contributed by atoms with van der Waals surface area (Å²) < 4.78 is 1.03. The Bertz CT molecular complexity index is 1150. The molecule has 5 rings (SSSR count). The van der Waals surface area contributed by atoms with Crippen LogP contribution in [0.25, 0.3) is 20.8 Å². The Kier molecular flexibility index (Phi) is 6.41. The first kappa shape index (κ1) is 22.7. The molecule has 1 aliphatic carbocycles. The van der Waals surface area contributed by atoms with Crippen LogP contribution in [-0.2, 0) is 0 Å². The molecule has 0 amide bonds. The number of aromatic nitrogens is 4. The minimum Gasteiger partial charge on any atom is -0.396 e. The standard InChI is InChI=1S/C22H28N6O3S2/c1-10-16(21-27-17-11(2)23-5-3-15(17)33-21)20(26-14-7-12(8-29)18(30)19(14)31)28-22(24-10)25-13-4-6-32-9-13/h3,5,12-14,18-19,29-31H,4,6-9H2,1-2H3,(H2,24,25,26,28)/t12-,13?,14-,18-,19+/m1/s1. The predicted molar refractivity (Wildman–Crippen MR) is 132 cm³/mol. The van der Waals surface area contributed by atoms with E-state index in [1.807, 2.05) is 31.7 Å². The van der Waals surface area contributed by atoms with E-state index in [0.717, 1.165) is 50.1 Å². The number of thioether (sulfide) groups is 1. The van der Waals surface area contributed by atoms with Crippen LogP contribution in [0, 0.1) is 19.8 Å². The van der Waals surface area contributed by atoms with Crippen LogP contribution in [-0.4, -0.2) is 77.7 Å². The molecule has 1 saturated carbocycles. The van der Waals surface area contributed by atoms with Crippen LogP contribution in [0.15, 0.2) is 12.3 Å². The zero-order valence-electron chi connectivity index (χ0n) is 18.5. The molecule has 1 unspecified atom stereocenters. The lowest BCUT2D eigenvalue weighted by atomic mass is 10.1. The third kappa shape index (κ3) is 4.40. The van der Waals surface area contributed by atoms with Crippen molar-refractivity contribution in [2.24, 2.45) is 5.92 Å². The first-order valence-corrected chi connectivity index (χ1v) is 13.1. The van der Waals surface area contributed by atoms with Gasteiger partial charge in [-0.2, -0.15) is 16.7 Å². The number of nitrogens with one attached hydrogen (secondary N) is 2. The van der Waals surface area contributed by atoms with Crippen molar-refractivity contribution in [2.45, 2.75) is 51.0 Å². The molecule has 1 saturated heterocycles. The van der Waals surface area contributed by atoms with E-state index in [0.29, 0.717) is 24.2 Å². The summed E-state index contributed by atoms with van der Waals surface area (Å²) in [4.78, 5) is 18.7. The van der Waals surface area contributed by atoms with Gasteiger partial charge in [0.25, 0.3) is 0 Å². The number of hydrogen-bond acceptors (Lipinski definition) is 11. The highest BCUT2D eigenvalue weighted by atomic mass is 32.2. The average Bonchev–Trinajstić information content (AvgIpc) is 3.51. The molecule has 176 valence electrons. The molecule has 5 atom stereocenters. The lowest BCUT2D eigenvalue weighted by molar-refractivity contribution is 0.00446. The minimum absolute atomic E-state index is 0.178. The second-order valence-electron chi connectivity index (χ2n) is 8.73. The van der Waals surface area contributed by atoms with E-state index >= 15 is 0 Å². The highest BCUT2D eigenvalue weighted by Gasteiger charge is 2.41. The van der Waals surface area contributed by atoms with Crippen molar-refractivity contribution in [1.29, 1.82) is 0 Å². The Hall–Kier alpha value is -2.05. The number of aliphatic hydroxyl groups is 3. The maximum atomic E-state index is 10.6. The molecular formula is C22H28N6O3S2. The molecule has 5 N–H and O–H groups in total. The minimum atomic E-state index is -1.00. The van der Waals surface area contributed by atoms with E-state index in [1.54, 1.807) is 17.5 Å². The van der Waals surface area contributed by atoms with Gasteiger partial charge in [0.15, 0.2) is 0 Å². The van der Waals surface area contributed by atoms with E-state index in [2.05, 4.69) is 15.6 Å². The van der Waals surface area contributed by atoms with E-state index in [-0.39, 0.29) is 12.5 Å². The number of rotatable bonds is 6. The third-order valence-electron chi connectivity index (χ3n) is 6.42. The van der Waals surface area contributed by atoms with Gasteiger partial charge in [-0.05, 0) is 38.5 Å². The second-order valence-corrected chi connectivity index (χ2v) is 10.9. The van der Waals surface area contributed by atoms with Crippen molar-refractivity contribution in [3.05, 3.63) is 23.7 Å². The molecule has 1 aliphatic heterocycles. The quantitative estimate of drug-likeness (QED) is 0.351. The van der Waals surface area contributed by atoms with Gasteiger partial charge in [-0.25, -0.2) is 9.97 Å². The highest BCUT2D eigenvalue weighted by Crippen LogP contribution is 2.38. The van der Waals surface area contributed by atoms with E-state index in [1.165, 1.54) is 0 Å². The molecule has 3 aromatic heterocycles. The summed E-state index contributed by atoms with van der Waals surface area (Å²) in [5.41, 5.74) is 3.26. The maximum Gasteiger partial charge on any atom is 0.225 e. The van der Waals surface area contributed by atoms with Crippen LogP contribution in [0.3, 0.4) is 0 Å². The SMILES string of the molecule is Cc1nc(NC2CCSC2)nc(N[C@@H]2C[C@H](CO)[C@@H](O)[C@H]2O)c1-c1nc2c(C)nccc2s1. The molecule has 0 radical (unpaired) electrons. The Labute approximate surface area is 200 Å². The fourth-order valence-electron chi connectivity index (χ4n) is 4.54. The lowest BCUT2D eigenvalue weighted by Gasteiger charge is -2.22. The van der Waals surface area contributed by atoms with Crippen molar-refractivity contribution < 1.29 is 15.3 Å². The van der Waals surface area contributed by atoms with Crippen LogP contribution in [0.4, 0.5) is 11.8 Å². The molecule has 3 aromatic rings. The smallest absolute Gasteiger partial charge is 0.225 e. The summed E-state index contributed by atoms with van der Waals surface area (Å²) in [6.07, 6.45) is 1.29. The van der Waals surface area contributed by atoms with Gasteiger partial charge < -0.3 is 26.0 Å². The topological polar surface area (TPSA) is 136 Å². The number of thiazole rings is 1. The monoisotopic (exact) mass is 488 g/mol. The van der Waals surface area contributed by atoms with Gasteiger partial charge >= 0.3 is 0 Å². The Morgan fingerprint density at radius 2 is 1.94 bits per heavy atom. The van der Waals surface area contributed by atoms with Crippen LogP contribution in [0.5, 0.6) is 0 Å². The zero-order chi connectivity index (χ0) is 23.1. The first-order chi connectivity index (χ1) is 15.9. The fourth-order valence-corrected chi connectivity index (χ4v) is 6.81. The molecular weight excluding hydrogens is 460 g/mol. The number of anilines is 2. The normalized spacial score (nSPS) is 27.4. The van der Waals surface area contributed by atoms with Crippen LogP contribution in [0.1, 0.15) is 24.2 Å². The number of nitrogens with zero attached hydrogens (tertiary/aromatic N) is 4. The van der Waals surface area contributed by atoms with Crippen LogP contribution >= 0.6 is 23.1 Å². The van der Waals surface area contributed by atoms with Crippen LogP contribution in [0.2, 0.25) is 0 Å². The fraction of sp³-hybridized carbons (Fsp3) is 0.545. The van der Waals surface area contributed by atoms with Gasteiger partial charge in [-0.1, -0.05) is 0 Å². The summed E-state index contributed by atoms with van der Waals surface area (Å²) in [6.45, 7) is 3.69. The number of hydrogen-bond donors (Lipinski definition) is 5. The van der Waals surface area contributed by atoms with Gasteiger partial charge in [0.2, 0.25) is 5.95 Å². The average molecular weight is 489 g/mol. The number of aliphatic hydroxyl groups excluding tert-OH is 3. The van der Waals surface area contributed by atoms with Gasteiger partial charge in [0.05, 0.1) is 33.8 Å². The molecule has 11 heteroatoms. The molecule has 0 bridgehead atoms. The predicted octanol–water partition coefficient (Wildman–Crippen LogP) is 2.20. The molecule has 0 spiro atoms. The van der Waals surface area contributed by atoms with E-state index in [9.17, 15) is 15.3 Å². The first-order valence-electron chi connectivity index (χ1n) is 11.1. The summed E-state index contributed by atoms with van der Waals surface area (Å²) in [6, 6.07) is 1.82. The molecule has 33 heavy (non-hydrogen) atoms. The van der Waals surface area contributed by atoms with Gasteiger partial charge in [-0.3, -0.25) is 4.98 Å². The lowest BCUT2D eigenvalue weighted by Crippen LogP contribution is -2.36. The molecule has 0 aromatic carbocycles. The summed E-state index contributed by atoms with van der Waals surface area (Å²) in [5.74, 6) is 2.86. The molecule has 9 nitrogen and oxygen atoms in total. The van der Waals surface area contributed by atoms with E-state index < -0.39 is 18.2 Å². The number of fused-ring (bicyclic) bond motifs is 1. The molecule has 2 fully saturated rings. The largest absolute Gasteiger partial charge is 0.396 e. The van der Waals surface area contributed by atoms with E-state index in [4.69, 9.17) is 15.0 Å². The Balaban J connectivity index is 1.55. The Morgan fingerprint density at radius 1 is 1.09 bits per heavy atom. The van der Waals surface area contributed by atoms with Gasteiger partial charge in [-0.15, -0.1) is 11.3 Å². The molecule has 4 heterocycles. The van der Waals surface area contributed by atoms with Gasteiger partial charge in [0.1, 0.15) is 22.4 Å². The van der Waals surface area contributed by atoms with Crippen molar-refractivity contribution >= 4 is 45.1 Å². The second kappa shape index (κ2) is 9.30. The summed E-state index contributed by atoms with van der Waals surface area (Å²) in [7, 11) is 0. The van der Waals surface area contributed by atoms with Crippen molar-refractivity contribution in [1.82, 2.24) is 19.9 Å². The van der Waals surface area contributed by atoms with Crippen molar-refractivity contribution in [2.75, 3.05) is 28.7 Å². The third-order valence-corrected chi connectivity index (χ3v) is 8.62. The number of pyridine rings is 1. The Morgan fingerprint density at radius 3 is 2.64 bits per heavy atom. The highest BCUT2D eigenvalue weighted by molar-refractivity contribution is 7.99.